The number of thiophene rings is 2. The molecule has 2 aromatic heterocycles. The topological polar surface area (TPSA) is 43.4 Å². The van der Waals surface area contributed by atoms with Crippen molar-refractivity contribution >= 4 is 98.7 Å². The smallest absolute Gasteiger partial charge is 0.256 e. The molecule has 68 heavy (non-hydrogen) atoms. The predicted molar refractivity (Wildman–Crippen MR) is 286 cm³/mol. The maximum atomic E-state index is 6.26. The van der Waals surface area contributed by atoms with Crippen molar-refractivity contribution in [3.8, 4) is 45.3 Å². The summed E-state index contributed by atoms with van der Waals surface area (Å²) in [4.78, 5) is 5.16. The first-order valence-corrected chi connectivity index (χ1v) is 25.3. The van der Waals surface area contributed by atoms with Crippen molar-refractivity contribution in [1.82, 2.24) is 0 Å². The van der Waals surface area contributed by atoms with Crippen LogP contribution in [-0.4, -0.2) is 20.3 Å². The highest BCUT2D eigenvalue weighted by atomic mass is 32.1. The second kappa shape index (κ2) is 14.9. The van der Waals surface area contributed by atoms with Crippen LogP contribution in [0.3, 0.4) is 0 Å². The fraction of sp³-hybridized carbons (Fsp3) is 0.220. The molecule has 0 unspecified atom stereocenters. The van der Waals surface area contributed by atoms with E-state index in [4.69, 9.17) is 18.9 Å². The molecule has 13 rings (SSSR count). The molecular weight excluding hydrogens is 876 g/mol. The van der Waals surface area contributed by atoms with E-state index in [0.29, 0.717) is 0 Å². The number of hydrogen-bond acceptors (Lipinski definition) is 8. The van der Waals surface area contributed by atoms with Crippen molar-refractivity contribution in [3.05, 3.63) is 150 Å². The molecule has 0 spiro atoms. The molecule has 336 valence electrons. The molecule has 9 heteroatoms. The Balaban J connectivity index is 1.21. The van der Waals surface area contributed by atoms with E-state index in [0.717, 1.165) is 56.6 Å². The van der Waals surface area contributed by atoms with E-state index in [1.807, 2.05) is 22.7 Å². The summed E-state index contributed by atoms with van der Waals surface area (Å²) < 4.78 is 27.3. The molecule has 4 aliphatic heterocycles. The third-order valence-electron chi connectivity index (χ3n) is 14.4. The molecule has 6 heterocycles. The van der Waals surface area contributed by atoms with Crippen molar-refractivity contribution in [2.24, 2.45) is 0 Å². The summed E-state index contributed by atoms with van der Waals surface area (Å²) in [5.41, 5.74) is 16.6. The van der Waals surface area contributed by atoms with Crippen LogP contribution in [0.25, 0.3) is 42.4 Å². The lowest BCUT2D eigenvalue weighted by atomic mass is 9.33. The van der Waals surface area contributed by atoms with Gasteiger partial charge in [0.1, 0.15) is 0 Å². The van der Waals surface area contributed by atoms with E-state index >= 15 is 0 Å². The van der Waals surface area contributed by atoms with Crippen LogP contribution in [0.15, 0.2) is 133 Å². The van der Waals surface area contributed by atoms with Crippen LogP contribution in [0.1, 0.15) is 78.0 Å². The van der Waals surface area contributed by atoms with E-state index in [-0.39, 0.29) is 37.0 Å². The Morgan fingerprint density at radius 1 is 0.471 bits per heavy atom. The van der Waals surface area contributed by atoms with Gasteiger partial charge >= 0.3 is 0 Å². The zero-order valence-electron chi connectivity index (χ0n) is 39.6. The van der Waals surface area contributed by atoms with Crippen LogP contribution in [0, 0.1) is 0 Å². The number of anilines is 6. The summed E-state index contributed by atoms with van der Waals surface area (Å²) in [6.45, 7) is 18.9. The molecule has 0 saturated carbocycles. The Kier molecular flexibility index (Phi) is 9.10. The Morgan fingerprint density at radius 3 is 1.28 bits per heavy atom. The number of rotatable bonds is 5. The fourth-order valence-corrected chi connectivity index (χ4v) is 13.2. The highest BCUT2D eigenvalue weighted by Crippen LogP contribution is 2.56. The zero-order valence-corrected chi connectivity index (χ0v) is 41.2. The Labute approximate surface area is 406 Å². The second-order valence-electron chi connectivity index (χ2n) is 21.0. The van der Waals surface area contributed by atoms with E-state index in [1.54, 1.807) is 0 Å². The summed E-state index contributed by atoms with van der Waals surface area (Å²) in [7, 11) is 0. The van der Waals surface area contributed by atoms with Crippen molar-refractivity contribution in [3.63, 3.8) is 0 Å². The van der Waals surface area contributed by atoms with Gasteiger partial charge in [-0.15, -0.1) is 22.7 Å². The number of fused-ring (bicyclic) bond motifs is 10. The van der Waals surface area contributed by atoms with Gasteiger partial charge in [0.2, 0.25) is 13.6 Å². The van der Waals surface area contributed by atoms with Gasteiger partial charge in [-0.3, -0.25) is 0 Å². The van der Waals surface area contributed by atoms with Crippen LogP contribution >= 0.6 is 22.7 Å². The minimum atomic E-state index is -0.0879. The average Bonchev–Trinajstić information content (AvgIpc) is 4.15. The maximum absolute atomic E-state index is 6.26. The Morgan fingerprint density at radius 2 is 0.882 bits per heavy atom. The normalized spacial score (nSPS) is 14.6. The summed E-state index contributed by atoms with van der Waals surface area (Å²) in [6.07, 6.45) is 0. The minimum absolute atomic E-state index is 0.0528. The number of hydrogen-bond donors (Lipinski definition) is 0. The summed E-state index contributed by atoms with van der Waals surface area (Å²) in [5.74, 6) is 3.26. The number of nitrogens with zero attached hydrogens (tertiary/aromatic N) is 2. The van der Waals surface area contributed by atoms with Crippen LogP contribution in [-0.2, 0) is 10.8 Å². The van der Waals surface area contributed by atoms with Crippen LogP contribution in [0.4, 0.5) is 32.8 Å². The Bertz CT molecular complexity index is 3320. The average molecular weight is 927 g/mol. The van der Waals surface area contributed by atoms with E-state index < -0.39 is 0 Å². The van der Waals surface area contributed by atoms with Gasteiger partial charge in [0.15, 0.2) is 23.0 Å². The monoisotopic (exact) mass is 926 g/mol. The molecule has 0 fully saturated rings. The predicted octanol–water partition coefficient (Wildman–Crippen LogP) is 14.7. The van der Waals surface area contributed by atoms with Crippen molar-refractivity contribution in [2.45, 2.75) is 72.1 Å². The van der Waals surface area contributed by atoms with Gasteiger partial charge in [-0.25, -0.2) is 0 Å². The quantitative estimate of drug-likeness (QED) is 0.160. The third kappa shape index (κ3) is 6.28. The standard InChI is InChI=1S/C59H51BN2O4S2/c1-33(2)36-23-45-55-46(24-36)62(44-30-50-48(64-32-66-50)28-40(44)35-17-13-10-14-18-35)57-54(42-26-38(59(6,7)8)20-22-52(42)68-57)60(55)53-41-25-37(58(3,4)5)19-21-51(41)67-56(53)61(45)43-29-49-47(63-31-65-49)27-39(43)34-15-11-9-12-16-34/h9-30,33H,31-32H2,1-8H3. The summed E-state index contributed by atoms with van der Waals surface area (Å²) in [5, 5.41) is 5.06. The number of ether oxygens (including phenoxy) is 4. The molecule has 9 aromatic rings. The fourth-order valence-electron chi connectivity index (χ4n) is 10.7. The molecule has 0 N–H and O–H groups in total. The van der Waals surface area contributed by atoms with Crippen molar-refractivity contribution in [2.75, 3.05) is 23.4 Å². The molecule has 0 aliphatic carbocycles. The van der Waals surface area contributed by atoms with E-state index in [1.165, 1.54) is 74.6 Å². The third-order valence-corrected chi connectivity index (χ3v) is 16.7. The lowest BCUT2D eigenvalue weighted by Crippen LogP contribution is -2.60. The maximum Gasteiger partial charge on any atom is 0.256 e. The zero-order chi connectivity index (χ0) is 46.4. The lowest BCUT2D eigenvalue weighted by molar-refractivity contribution is 0.173. The van der Waals surface area contributed by atoms with Crippen molar-refractivity contribution in [1.29, 1.82) is 0 Å². The molecular formula is C59H51BN2O4S2. The first-order valence-electron chi connectivity index (χ1n) is 23.7. The number of benzene rings is 7. The van der Waals surface area contributed by atoms with Crippen molar-refractivity contribution < 1.29 is 18.9 Å². The molecule has 0 bridgehead atoms. The van der Waals surface area contributed by atoms with Gasteiger partial charge in [-0.2, -0.15) is 0 Å². The Hall–Kier alpha value is -6.68. The second-order valence-corrected chi connectivity index (χ2v) is 23.0. The largest absolute Gasteiger partial charge is 0.454 e. The van der Waals surface area contributed by atoms with Crippen LogP contribution < -0.4 is 45.1 Å². The highest BCUT2D eigenvalue weighted by molar-refractivity contribution is 7.29. The molecule has 0 amide bonds. The van der Waals surface area contributed by atoms with Gasteiger partial charge in [0.25, 0.3) is 6.71 Å². The van der Waals surface area contributed by atoms with E-state index in [2.05, 4.69) is 199 Å². The minimum Gasteiger partial charge on any atom is -0.454 e. The molecule has 7 aromatic carbocycles. The van der Waals surface area contributed by atoms with Crippen LogP contribution in [0.2, 0.25) is 0 Å². The van der Waals surface area contributed by atoms with Gasteiger partial charge in [0, 0.05) is 44.0 Å². The van der Waals surface area contributed by atoms with Crippen LogP contribution in [0.5, 0.6) is 23.0 Å². The highest BCUT2D eigenvalue weighted by Gasteiger charge is 2.48. The van der Waals surface area contributed by atoms with Gasteiger partial charge in [-0.1, -0.05) is 140 Å². The van der Waals surface area contributed by atoms with E-state index in [9.17, 15) is 0 Å². The molecule has 0 radical (unpaired) electrons. The van der Waals surface area contributed by atoms with Gasteiger partial charge in [-0.05, 0) is 108 Å². The molecule has 0 saturated heterocycles. The van der Waals surface area contributed by atoms with Gasteiger partial charge < -0.3 is 28.7 Å². The summed E-state index contributed by atoms with van der Waals surface area (Å²) in [6, 6.07) is 49.7. The first-order chi connectivity index (χ1) is 32.8. The SMILES string of the molecule is CC(C)c1cc2c3c(c1)N(c1cc4c(cc1-c1ccccc1)OCO4)c1sc4ccc(C(C)(C)C)cc4c1B3c1c(sc3ccc(C(C)(C)C)cc13)N2c1cc2c(cc1-c1ccccc1)OCO2. The molecule has 4 aliphatic rings. The molecule has 6 nitrogen and oxygen atoms in total. The first kappa shape index (κ1) is 41.5. The summed E-state index contributed by atoms with van der Waals surface area (Å²) >= 11 is 3.80. The lowest BCUT2D eigenvalue weighted by Gasteiger charge is -2.43. The van der Waals surface area contributed by atoms with Gasteiger partial charge in [0.05, 0.1) is 21.4 Å². The molecule has 0 atom stereocenters.